The predicted octanol–water partition coefficient (Wildman–Crippen LogP) is 2.75. The summed E-state index contributed by atoms with van der Waals surface area (Å²) in [4.78, 5) is 0. The monoisotopic (exact) mass is 286 g/mol. The van der Waals surface area contributed by atoms with Crippen LogP contribution in [0.2, 0.25) is 0 Å². The van der Waals surface area contributed by atoms with Crippen LogP contribution in [0.4, 0.5) is 8.78 Å². The lowest BCUT2D eigenvalue weighted by Gasteiger charge is -2.18. The number of benzene rings is 1. The first-order valence-electron chi connectivity index (χ1n) is 6.81. The van der Waals surface area contributed by atoms with E-state index in [2.05, 4.69) is 10.2 Å². The first-order valence-corrected chi connectivity index (χ1v) is 6.81. The van der Waals surface area contributed by atoms with Crippen LogP contribution in [0.5, 0.6) is 5.75 Å². The summed E-state index contributed by atoms with van der Waals surface area (Å²) in [5.74, 6) is 5.72. The number of hydrogen-bond donors (Lipinski definition) is 2. The minimum absolute atomic E-state index is 0.0141. The maximum Gasteiger partial charge on any atom is 0.387 e. The average molecular weight is 286 g/mol. The van der Waals surface area contributed by atoms with E-state index >= 15 is 0 Å². The second-order valence-corrected chi connectivity index (χ2v) is 4.88. The minimum Gasteiger partial charge on any atom is -0.435 e. The molecule has 1 fully saturated rings. The van der Waals surface area contributed by atoms with E-state index in [9.17, 15) is 8.78 Å². The van der Waals surface area contributed by atoms with Crippen LogP contribution in [0.3, 0.4) is 0 Å². The molecule has 0 amide bonds. The van der Waals surface area contributed by atoms with Crippen molar-refractivity contribution in [1.82, 2.24) is 5.43 Å². The van der Waals surface area contributed by atoms with Crippen molar-refractivity contribution in [2.45, 2.75) is 44.4 Å². The third kappa shape index (κ3) is 4.40. The molecule has 0 saturated carbocycles. The van der Waals surface area contributed by atoms with Crippen LogP contribution in [0.1, 0.15) is 37.3 Å². The minimum atomic E-state index is -2.80. The Morgan fingerprint density at radius 1 is 1.35 bits per heavy atom. The Balaban J connectivity index is 1.89. The van der Waals surface area contributed by atoms with E-state index in [0.29, 0.717) is 6.10 Å². The van der Waals surface area contributed by atoms with Crippen LogP contribution in [0.15, 0.2) is 24.3 Å². The Hall–Kier alpha value is -1.24. The molecule has 4 nitrogen and oxygen atoms in total. The Labute approximate surface area is 117 Å². The van der Waals surface area contributed by atoms with E-state index < -0.39 is 6.61 Å². The van der Waals surface area contributed by atoms with Gasteiger partial charge in [0, 0.05) is 12.6 Å². The zero-order chi connectivity index (χ0) is 14.4. The number of ether oxygens (including phenoxy) is 2. The van der Waals surface area contributed by atoms with E-state index in [4.69, 9.17) is 10.6 Å². The van der Waals surface area contributed by atoms with E-state index in [1.165, 1.54) is 12.1 Å². The number of nitrogens with one attached hydrogen (secondary N) is 1. The summed E-state index contributed by atoms with van der Waals surface area (Å²) in [5, 5.41) is 0. The van der Waals surface area contributed by atoms with Gasteiger partial charge in [-0.05, 0) is 43.4 Å². The zero-order valence-corrected chi connectivity index (χ0v) is 11.2. The number of rotatable bonds is 7. The second-order valence-electron chi connectivity index (χ2n) is 4.88. The van der Waals surface area contributed by atoms with E-state index in [0.717, 1.165) is 37.9 Å². The van der Waals surface area contributed by atoms with Gasteiger partial charge in [-0.15, -0.1) is 0 Å². The molecule has 112 valence electrons. The van der Waals surface area contributed by atoms with Crippen molar-refractivity contribution in [1.29, 1.82) is 0 Å². The normalized spacial score (nSPS) is 20.3. The van der Waals surface area contributed by atoms with Crippen molar-refractivity contribution in [2.75, 3.05) is 6.61 Å². The van der Waals surface area contributed by atoms with Gasteiger partial charge in [0.2, 0.25) is 0 Å². The highest BCUT2D eigenvalue weighted by molar-refractivity contribution is 5.29. The van der Waals surface area contributed by atoms with Gasteiger partial charge in [0.05, 0.1) is 6.10 Å². The molecule has 2 unspecified atom stereocenters. The summed E-state index contributed by atoms with van der Waals surface area (Å²) in [6.07, 6.45) is 4.30. The summed E-state index contributed by atoms with van der Waals surface area (Å²) >= 11 is 0. The number of halogens is 2. The second kappa shape index (κ2) is 7.52. The number of nitrogens with two attached hydrogens (primary N) is 1. The smallest absolute Gasteiger partial charge is 0.387 e. The molecule has 2 atom stereocenters. The fourth-order valence-electron chi connectivity index (χ4n) is 2.45. The van der Waals surface area contributed by atoms with Crippen LogP contribution in [-0.2, 0) is 4.74 Å². The van der Waals surface area contributed by atoms with Crippen molar-refractivity contribution >= 4 is 0 Å². The van der Waals surface area contributed by atoms with Gasteiger partial charge < -0.3 is 9.47 Å². The van der Waals surface area contributed by atoms with Gasteiger partial charge >= 0.3 is 6.61 Å². The predicted molar refractivity (Wildman–Crippen MR) is 71.3 cm³/mol. The molecule has 1 aromatic carbocycles. The highest BCUT2D eigenvalue weighted by Crippen LogP contribution is 2.25. The summed E-state index contributed by atoms with van der Waals surface area (Å²) in [6.45, 7) is -1.96. The molecule has 0 aliphatic carbocycles. The van der Waals surface area contributed by atoms with Crippen molar-refractivity contribution in [3.63, 3.8) is 0 Å². The maximum absolute atomic E-state index is 12.1. The molecule has 1 aromatic rings. The molecular formula is C14H20F2N2O2. The fraction of sp³-hybridized carbons (Fsp3) is 0.571. The third-order valence-corrected chi connectivity index (χ3v) is 3.51. The molecule has 2 rings (SSSR count). The van der Waals surface area contributed by atoms with Crippen LogP contribution in [0.25, 0.3) is 0 Å². The molecule has 0 radical (unpaired) electrons. The van der Waals surface area contributed by atoms with Gasteiger partial charge in [0.15, 0.2) is 0 Å². The molecule has 3 N–H and O–H groups in total. The Kier molecular flexibility index (Phi) is 5.70. The summed E-state index contributed by atoms with van der Waals surface area (Å²) in [7, 11) is 0. The van der Waals surface area contributed by atoms with E-state index in [1.807, 2.05) is 0 Å². The summed E-state index contributed by atoms with van der Waals surface area (Å²) in [5.41, 5.74) is 3.71. The van der Waals surface area contributed by atoms with Crippen LogP contribution in [-0.4, -0.2) is 19.3 Å². The molecule has 0 aromatic heterocycles. The lowest BCUT2D eigenvalue weighted by molar-refractivity contribution is -0.0498. The average Bonchev–Trinajstić information content (AvgIpc) is 2.94. The number of hydrogen-bond acceptors (Lipinski definition) is 4. The van der Waals surface area contributed by atoms with Crippen molar-refractivity contribution in [3.05, 3.63) is 29.8 Å². The first-order chi connectivity index (χ1) is 9.69. The van der Waals surface area contributed by atoms with Crippen LogP contribution >= 0.6 is 0 Å². The largest absolute Gasteiger partial charge is 0.435 e. The number of alkyl halides is 2. The first kappa shape index (κ1) is 15.2. The van der Waals surface area contributed by atoms with Gasteiger partial charge in [0.1, 0.15) is 5.75 Å². The molecule has 1 heterocycles. The molecule has 0 spiro atoms. The molecule has 20 heavy (non-hydrogen) atoms. The molecule has 1 aliphatic rings. The van der Waals surface area contributed by atoms with Crippen molar-refractivity contribution < 1.29 is 18.3 Å². The van der Waals surface area contributed by atoms with Gasteiger partial charge in [-0.2, -0.15) is 8.78 Å². The van der Waals surface area contributed by atoms with Gasteiger partial charge in [-0.3, -0.25) is 11.3 Å². The highest BCUT2D eigenvalue weighted by Gasteiger charge is 2.18. The molecule has 6 heteroatoms. The lowest BCUT2D eigenvalue weighted by atomic mass is 10.00. The third-order valence-electron chi connectivity index (χ3n) is 3.51. The zero-order valence-electron chi connectivity index (χ0n) is 11.2. The lowest BCUT2D eigenvalue weighted by Crippen LogP contribution is -2.28. The Morgan fingerprint density at radius 2 is 2.10 bits per heavy atom. The number of hydrazine groups is 1. The maximum atomic E-state index is 12.1. The Bertz CT molecular complexity index is 395. The SMILES string of the molecule is NNC(CCC1CCCO1)c1ccc(OC(F)F)cc1. The summed E-state index contributed by atoms with van der Waals surface area (Å²) < 4.78 is 34.0. The van der Waals surface area contributed by atoms with Crippen molar-refractivity contribution in [2.24, 2.45) is 5.84 Å². The quantitative estimate of drug-likeness (QED) is 0.598. The fourth-order valence-corrected chi connectivity index (χ4v) is 2.45. The van der Waals surface area contributed by atoms with Crippen LogP contribution < -0.4 is 16.0 Å². The Morgan fingerprint density at radius 3 is 2.65 bits per heavy atom. The standard InChI is InChI=1S/C14H20F2N2O2/c15-14(16)20-12-5-3-10(4-6-12)13(18-17)8-7-11-2-1-9-19-11/h3-6,11,13-14,18H,1-2,7-9,17H2. The molecular weight excluding hydrogens is 266 g/mol. The summed E-state index contributed by atoms with van der Waals surface area (Å²) in [6, 6.07) is 6.53. The van der Waals surface area contributed by atoms with Crippen molar-refractivity contribution in [3.8, 4) is 5.75 Å². The van der Waals surface area contributed by atoms with E-state index in [1.54, 1.807) is 12.1 Å². The van der Waals surface area contributed by atoms with Gasteiger partial charge in [0.25, 0.3) is 0 Å². The topological polar surface area (TPSA) is 56.5 Å². The van der Waals surface area contributed by atoms with Gasteiger partial charge in [-0.25, -0.2) is 0 Å². The molecule has 0 bridgehead atoms. The van der Waals surface area contributed by atoms with Gasteiger partial charge in [-0.1, -0.05) is 12.1 Å². The molecule has 1 saturated heterocycles. The highest BCUT2D eigenvalue weighted by atomic mass is 19.3. The van der Waals surface area contributed by atoms with Crippen LogP contribution in [0, 0.1) is 0 Å². The molecule has 1 aliphatic heterocycles. The van der Waals surface area contributed by atoms with E-state index in [-0.39, 0.29) is 11.8 Å².